The predicted octanol–water partition coefficient (Wildman–Crippen LogP) is 7.45. The lowest BCUT2D eigenvalue weighted by Gasteiger charge is -2.37. The molecule has 7 heterocycles. The van der Waals surface area contributed by atoms with E-state index < -0.39 is 11.3 Å². The SMILES string of the molecule is O=C1c2c(nc(CCc3ccc(F)cc3)c(-c3n[nH]c(=O)o3)c2-c2cc3ccnc(NC4CCc5ccc(Cl)cc54)c3s2)C23CC(CN12)C3. The number of aromatic amines is 1. The summed E-state index contributed by atoms with van der Waals surface area (Å²) in [5, 5.41) is 12.1. The molecule has 244 valence electrons. The van der Waals surface area contributed by atoms with Crippen LogP contribution >= 0.6 is 22.9 Å². The van der Waals surface area contributed by atoms with Gasteiger partial charge >= 0.3 is 5.76 Å². The highest BCUT2D eigenvalue weighted by molar-refractivity contribution is 7.23. The van der Waals surface area contributed by atoms with Crippen LogP contribution in [0.2, 0.25) is 5.02 Å². The van der Waals surface area contributed by atoms with Crippen LogP contribution in [0.15, 0.2) is 70.0 Å². The van der Waals surface area contributed by atoms with E-state index in [-0.39, 0.29) is 23.7 Å². The van der Waals surface area contributed by atoms with E-state index in [1.807, 2.05) is 23.1 Å². The maximum atomic E-state index is 14.4. The van der Waals surface area contributed by atoms with Gasteiger partial charge in [0.15, 0.2) is 0 Å². The van der Waals surface area contributed by atoms with Gasteiger partial charge in [-0.1, -0.05) is 29.8 Å². The van der Waals surface area contributed by atoms with Crippen LogP contribution in [-0.2, 0) is 24.8 Å². The van der Waals surface area contributed by atoms with Gasteiger partial charge in [0.1, 0.15) is 11.6 Å². The number of pyridine rings is 2. The summed E-state index contributed by atoms with van der Waals surface area (Å²) in [6.07, 6.45) is 6.50. The van der Waals surface area contributed by atoms with Crippen molar-refractivity contribution in [3.05, 3.63) is 116 Å². The van der Waals surface area contributed by atoms with Crippen molar-refractivity contribution >= 4 is 44.7 Å². The minimum atomic E-state index is -0.692. The van der Waals surface area contributed by atoms with Crippen LogP contribution < -0.4 is 11.1 Å². The molecule has 49 heavy (non-hydrogen) atoms. The maximum absolute atomic E-state index is 14.4. The molecule has 1 saturated carbocycles. The lowest BCUT2D eigenvalue weighted by molar-refractivity contribution is 0.0637. The van der Waals surface area contributed by atoms with Gasteiger partial charge in [-0.3, -0.25) is 9.78 Å². The molecule has 2 saturated heterocycles. The number of hydrogen-bond donors (Lipinski definition) is 2. The molecule has 0 radical (unpaired) electrons. The van der Waals surface area contributed by atoms with E-state index in [4.69, 9.17) is 26.0 Å². The smallest absolute Gasteiger partial charge is 0.388 e. The van der Waals surface area contributed by atoms with Gasteiger partial charge in [0, 0.05) is 28.2 Å². The Morgan fingerprint density at radius 2 is 1.92 bits per heavy atom. The third-order valence-electron chi connectivity index (χ3n) is 10.8. The molecule has 2 N–H and O–H groups in total. The van der Waals surface area contributed by atoms with Crippen LogP contribution in [-0.4, -0.2) is 37.5 Å². The number of carbonyl (C=O) groups is 1. The molecule has 2 aromatic carbocycles. The van der Waals surface area contributed by atoms with Crippen molar-refractivity contribution < 1.29 is 13.6 Å². The van der Waals surface area contributed by atoms with E-state index in [9.17, 15) is 14.0 Å². The summed E-state index contributed by atoms with van der Waals surface area (Å²) in [7, 11) is 0. The topological polar surface area (TPSA) is 117 Å². The Morgan fingerprint density at radius 1 is 1.06 bits per heavy atom. The van der Waals surface area contributed by atoms with Crippen molar-refractivity contribution in [1.29, 1.82) is 0 Å². The fraction of sp³-hybridized carbons (Fsp3) is 0.270. The monoisotopic (exact) mass is 690 g/mol. The molecule has 3 aliphatic heterocycles. The first-order chi connectivity index (χ1) is 23.8. The molecule has 2 aliphatic carbocycles. The number of nitrogens with zero attached hydrogens (tertiary/aromatic N) is 4. The summed E-state index contributed by atoms with van der Waals surface area (Å²) in [5.41, 5.74) is 6.22. The lowest BCUT2D eigenvalue weighted by atomic mass is 9.71. The summed E-state index contributed by atoms with van der Waals surface area (Å²) in [6, 6.07) is 16.6. The normalized spacial score (nSPS) is 21.6. The molecule has 1 amide bonds. The van der Waals surface area contributed by atoms with Crippen LogP contribution in [0.1, 0.15) is 63.7 Å². The second-order valence-electron chi connectivity index (χ2n) is 13.6. The Hall–Kier alpha value is -4.87. The van der Waals surface area contributed by atoms with Gasteiger partial charge in [0.25, 0.3) is 11.8 Å². The van der Waals surface area contributed by atoms with Crippen LogP contribution in [0.3, 0.4) is 0 Å². The van der Waals surface area contributed by atoms with Crippen molar-refractivity contribution in [2.24, 2.45) is 5.92 Å². The Labute approximate surface area is 288 Å². The van der Waals surface area contributed by atoms with Crippen LogP contribution in [0.5, 0.6) is 0 Å². The predicted molar refractivity (Wildman–Crippen MR) is 184 cm³/mol. The quantitative estimate of drug-likeness (QED) is 0.179. The molecule has 1 unspecified atom stereocenters. The number of carbonyl (C=O) groups excluding carboxylic acids is 1. The van der Waals surface area contributed by atoms with Crippen LogP contribution in [0.4, 0.5) is 10.2 Å². The summed E-state index contributed by atoms with van der Waals surface area (Å²) in [5.74, 6) is 0.287. The Morgan fingerprint density at radius 3 is 2.73 bits per heavy atom. The number of benzene rings is 2. The second-order valence-corrected chi connectivity index (χ2v) is 15.1. The molecular weight excluding hydrogens is 663 g/mol. The van der Waals surface area contributed by atoms with Gasteiger partial charge in [0.05, 0.1) is 38.8 Å². The average Bonchev–Trinajstić information content (AvgIpc) is 3.93. The van der Waals surface area contributed by atoms with Crippen molar-refractivity contribution in [2.45, 2.75) is 50.1 Å². The number of fused-ring (bicyclic) bond motifs is 3. The zero-order chi connectivity index (χ0) is 33.0. The fourth-order valence-corrected chi connectivity index (χ4v) is 9.92. The number of nitrogens with one attached hydrogen (secondary N) is 2. The number of thiophene rings is 1. The minimum absolute atomic E-state index is 0.0462. The van der Waals surface area contributed by atoms with Gasteiger partial charge in [-0.25, -0.2) is 19.3 Å². The molecule has 9 nitrogen and oxygen atoms in total. The van der Waals surface area contributed by atoms with Gasteiger partial charge in [0.2, 0.25) is 0 Å². The Balaban J connectivity index is 1.16. The molecule has 12 heteroatoms. The molecule has 2 bridgehead atoms. The van der Waals surface area contributed by atoms with Crippen molar-refractivity contribution in [3.63, 3.8) is 0 Å². The molecule has 1 spiro atoms. The highest BCUT2D eigenvalue weighted by Crippen LogP contribution is 2.63. The van der Waals surface area contributed by atoms with E-state index in [0.29, 0.717) is 52.7 Å². The number of rotatable bonds is 7. The third kappa shape index (κ3) is 4.38. The summed E-state index contributed by atoms with van der Waals surface area (Å²) >= 11 is 7.92. The van der Waals surface area contributed by atoms with Crippen molar-refractivity contribution in [1.82, 2.24) is 25.1 Å². The van der Waals surface area contributed by atoms with Gasteiger partial charge in [-0.2, -0.15) is 0 Å². The molecule has 6 aromatic rings. The van der Waals surface area contributed by atoms with Gasteiger partial charge in [-0.15, -0.1) is 16.4 Å². The highest BCUT2D eigenvalue weighted by atomic mass is 35.5. The number of H-pyrrole nitrogens is 1. The maximum Gasteiger partial charge on any atom is 0.434 e. The zero-order valence-corrected chi connectivity index (χ0v) is 27.6. The first-order valence-electron chi connectivity index (χ1n) is 16.5. The minimum Gasteiger partial charge on any atom is -0.388 e. The lowest BCUT2D eigenvalue weighted by Crippen LogP contribution is -2.40. The third-order valence-corrected chi connectivity index (χ3v) is 12.2. The number of anilines is 1. The largest absolute Gasteiger partial charge is 0.434 e. The summed E-state index contributed by atoms with van der Waals surface area (Å²) in [4.78, 5) is 39.6. The molecular formula is C37H28ClFN6O3S. The molecule has 5 aliphatic rings. The summed E-state index contributed by atoms with van der Waals surface area (Å²) < 4.78 is 20.3. The Kier molecular flexibility index (Phi) is 6.27. The van der Waals surface area contributed by atoms with E-state index in [1.54, 1.807) is 29.7 Å². The summed E-state index contributed by atoms with van der Waals surface area (Å²) in [6.45, 7) is 0.712. The molecule has 11 rings (SSSR count). The van der Waals surface area contributed by atoms with E-state index in [1.165, 1.54) is 23.3 Å². The highest BCUT2D eigenvalue weighted by Gasteiger charge is 2.65. The molecule has 1 atom stereocenters. The number of aromatic nitrogens is 4. The second kappa shape index (κ2) is 10.6. The van der Waals surface area contributed by atoms with Gasteiger partial charge in [-0.05, 0) is 103 Å². The first-order valence-corrected chi connectivity index (χ1v) is 17.7. The molecule has 3 fully saturated rings. The van der Waals surface area contributed by atoms with Crippen molar-refractivity contribution in [3.8, 4) is 21.9 Å². The number of halogens is 2. The number of amides is 1. The van der Waals surface area contributed by atoms with Crippen LogP contribution in [0, 0.1) is 11.7 Å². The van der Waals surface area contributed by atoms with Crippen molar-refractivity contribution in [2.75, 3.05) is 11.9 Å². The van der Waals surface area contributed by atoms with E-state index in [2.05, 4.69) is 27.6 Å². The number of aryl methyl sites for hydroxylation is 3. The van der Waals surface area contributed by atoms with Crippen LogP contribution in [0.25, 0.3) is 32.0 Å². The zero-order valence-electron chi connectivity index (χ0n) is 26.1. The standard InChI is InChI=1S/C37H28ClFN6O3S/c38-22-6-4-20-5-10-25(24(20)14-22)42-33-31-21(11-12-40-33)13-27(49-31)29-28(34-43-44-36(47)48-34)26(9-3-18-1-7-23(39)8-2-18)41-32-30(29)35(46)45-17-19-15-37(32,45)16-19/h1-2,4,6-8,11-14,19,25H,3,5,9-10,15-17H2,(H,40,42)(H,44,47). The van der Waals surface area contributed by atoms with E-state index >= 15 is 0 Å². The first kappa shape index (κ1) is 29.1. The average molecular weight is 691 g/mol. The van der Waals surface area contributed by atoms with E-state index in [0.717, 1.165) is 57.7 Å². The fourth-order valence-electron chi connectivity index (χ4n) is 8.58. The Bertz CT molecular complexity index is 2410. The number of hydrogen-bond acceptors (Lipinski definition) is 8. The van der Waals surface area contributed by atoms with Gasteiger partial charge < -0.3 is 14.6 Å². The molecule has 4 aromatic heterocycles.